The molecule has 0 aliphatic rings. The zero-order valence-corrected chi connectivity index (χ0v) is 8.72. The van der Waals surface area contributed by atoms with Gasteiger partial charge >= 0.3 is 0 Å². The van der Waals surface area contributed by atoms with Crippen LogP contribution in [0.2, 0.25) is 10.0 Å². The number of benzene rings is 1. The minimum absolute atomic E-state index is 0.103. The number of halogens is 2. The maximum atomic E-state index is 10.6. The van der Waals surface area contributed by atoms with Gasteiger partial charge in [0, 0.05) is 16.5 Å². The zero-order chi connectivity index (χ0) is 10.7. The van der Waals surface area contributed by atoms with Gasteiger partial charge < -0.3 is 10.8 Å². The van der Waals surface area contributed by atoms with Crippen LogP contribution < -0.4 is 5.73 Å². The second kappa shape index (κ2) is 4.64. The van der Waals surface area contributed by atoms with Crippen molar-refractivity contribution in [1.82, 2.24) is 0 Å². The van der Waals surface area contributed by atoms with Crippen LogP contribution in [0.1, 0.15) is 5.56 Å². The van der Waals surface area contributed by atoms with E-state index in [1.165, 1.54) is 0 Å². The molecule has 0 aliphatic carbocycles. The molecule has 0 saturated heterocycles. The van der Waals surface area contributed by atoms with Crippen molar-refractivity contribution in [3.8, 4) is 0 Å². The highest BCUT2D eigenvalue weighted by molar-refractivity contribution is 6.35. The predicted molar refractivity (Wildman–Crippen MR) is 55.4 cm³/mol. The number of primary amides is 1. The molecule has 3 nitrogen and oxygen atoms in total. The molecule has 5 heteroatoms. The maximum absolute atomic E-state index is 10.6. The highest BCUT2D eigenvalue weighted by atomic mass is 35.5. The van der Waals surface area contributed by atoms with Crippen molar-refractivity contribution in [1.29, 1.82) is 0 Å². The van der Waals surface area contributed by atoms with Crippen LogP contribution in [0.15, 0.2) is 18.2 Å². The Kier molecular flexibility index (Phi) is 3.75. The Morgan fingerprint density at radius 3 is 2.64 bits per heavy atom. The van der Waals surface area contributed by atoms with Crippen LogP contribution in [0.25, 0.3) is 0 Å². The van der Waals surface area contributed by atoms with Crippen molar-refractivity contribution in [3.63, 3.8) is 0 Å². The molecule has 0 aliphatic heterocycles. The third kappa shape index (κ3) is 2.87. The number of nitrogens with two attached hydrogens (primary N) is 1. The van der Waals surface area contributed by atoms with E-state index in [1.54, 1.807) is 18.2 Å². The van der Waals surface area contributed by atoms with Crippen molar-refractivity contribution < 1.29 is 9.90 Å². The lowest BCUT2D eigenvalue weighted by Crippen LogP contribution is -2.30. The monoisotopic (exact) mass is 233 g/mol. The average Bonchev–Trinajstić information content (AvgIpc) is 2.09. The molecule has 3 N–H and O–H groups in total. The number of aliphatic hydroxyl groups is 1. The molecule has 1 atom stereocenters. The summed E-state index contributed by atoms with van der Waals surface area (Å²) in [7, 11) is 0. The van der Waals surface area contributed by atoms with E-state index >= 15 is 0 Å². The van der Waals surface area contributed by atoms with Gasteiger partial charge in [0.1, 0.15) is 6.10 Å². The van der Waals surface area contributed by atoms with Crippen LogP contribution in [0.4, 0.5) is 0 Å². The fourth-order valence-corrected chi connectivity index (χ4v) is 1.48. The van der Waals surface area contributed by atoms with Crippen LogP contribution in [-0.4, -0.2) is 17.1 Å². The third-order valence-corrected chi connectivity index (χ3v) is 2.34. The molecule has 0 bridgehead atoms. The first-order valence-corrected chi connectivity index (χ1v) is 4.67. The van der Waals surface area contributed by atoms with Gasteiger partial charge in [-0.15, -0.1) is 0 Å². The van der Waals surface area contributed by atoms with Crippen molar-refractivity contribution >= 4 is 29.1 Å². The van der Waals surface area contributed by atoms with Crippen LogP contribution in [-0.2, 0) is 11.2 Å². The fraction of sp³-hybridized carbons (Fsp3) is 0.222. The lowest BCUT2D eigenvalue weighted by molar-refractivity contribution is -0.125. The first-order valence-electron chi connectivity index (χ1n) is 3.92. The van der Waals surface area contributed by atoms with Gasteiger partial charge in [-0.25, -0.2) is 0 Å². The lowest BCUT2D eigenvalue weighted by atomic mass is 10.1. The van der Waals surface area contributed by atoms with Gasteiger partial charge in [0.2, 0.25) is 5.91 Å². The minimum Gasteiger partial charge on any atom is -0.383 e. The molecular formula is C9H9Cl2NO2. The maximum Gasteiger partial charge on any atom is 0.246 e. The number of rotatable bonds is 3. The summed E-state index contributed by atoms with van der Waals surface area (Å²) in [5.41, 5.74) is 5.55. The van der Waals surface area contributed by atoms with Crippen molar-refractivity contribution in [2.24, 2.45) is 5.73 Å². The molecule has 0 saturated carbocycles. The molecule has 1 amide bonds. The summed E-state index contributed by atoms with van der Waals surface area (Å²) < 4.78 is 0. The Labute approximate surface area is 91.4 Å². The molecule has 1 rings (SSSR count). The second-order valence-corrected chi connectivity index (χ2v) is 3.70. The number of carbonyl (C=O) groups excluding carboxylic acids is 1. The van der Waals surface area contributed by atoms with Gasteiger partial charge in [0.05, 0.1) is 0 Å². The highest BCUT2D eigenvalue weighted by Gasteiger charge is 2.13. The summed E-state index contributed by atoms with van der Waals surface area (Å²) in [5.74, 6) is -0.768. The van der Waals surface area contributed by atoms with Crippen molar-refractivity contribution in [2.75, 3.05) is 0 Å². The Balaban J connectivity index is 2.82. The first kappa shape index (κ1) is 11.3. The Bertz CT molecular complexity index is 355. The summed E-state index contributed by atoms with van der Waals surface area (Å²) in [6.07, 6.45) is -1.11. The first-order chi connectivity index (χ1) is 6.50. The summed E-state index contributed by atoms with van der Waals surface area (Å²) in [4.78, 5) is 10.6. The molecule has 76 valence electrons. The molecule has 0 radical (unpaired) electrons. The zero-order valence-electron chi connectivity index (χ0n) is 7.21. The normalized spacial score (nSPS) is 12.5. The fourth-order valence-electron chi connectivity index (χ4n) is 0.996. The van der Waals surface area contributed by atoms with Gasteiger partial charge in [0.25, 0.3) is 0 Å². The summed E-state index contributed by atoms with van der Waals surface area (Å²) in [5, 5.41) is 10.1. The molecule has 0 heterocycles. The van der Waals surface area contributed by atoms with E-state index in [0.717, 1.165) is 0 Å². The van der Waals surface area contributed by atoms with Gasteiger partial charge in [0.15, 0.2) is 0 Å². The summed E-state index contributed by atoms with van der Waals surface area (Å²) >= 11 is 11.5. The smallest absolute Gasteiger partial charge is 0.246 e. The Morgan fingerprint density at radius 1 is 1.50 bits per heavy atom. The quantitative estimate of drug-likeness (QED) is 0.829. The number of hydrogen-bond donors (Lipinski definition) is 2. The van der Waals surface area contributed by atoms with E-state index in [0.29, 0.717) is 15.6 Å². The number of amides is 1. The molecule has 0 spiro atoms. The van der Waals surface area contributed by atoms with Gasteiger partial charge in [-0.3, -0.25) is 4.79 Å². The molecule has 0 aromatic heterocycles. The third-order valence-electron chi connectivity index (χ3n) is 1.76. The Hall–Kier alpha value is -0.770. The van der Waals surface area contributed by atoms with Crippen LogP contribution in [0.3, 0.4) is 0 Å². The highest BCUT2D eigenvalue weighted by Crippen LogP contribution is 2.21. The molecule has 0 fully saturated rings. The van der Waals surface area contributed by atoms with E-state index < -0.39 is 12.0 Å². The molecule has 1 aromatic carbocycles. The molecule has 14 heavy (non-hydrogen) atoms. The van der Waals surface area contributed by atoms with Crippen molar-refractivity contribution in [3.05, 3.63) is 33.8 Å². The van der Waals surface area contributed by atoms with Crippen LogP contribution in [0.5, 0.6) is 0 Å². The number of aliphatic hydroxyl groups excluding tert-OH is 1. The predicted octanol–water partition coefficient (Wildman–Crippen LogP) is 1.38. The second-order valence-electron chi connectivity index (χ2n) is 2.86. The largest absolute Gasteiger partial charge is 0.383 e. The minimum atomic E-state index is -1.21. The van der Waals surface area contributed by atoms with Crippen LogP contribution >= 0.6 is 23.2 Å². The molecular weight excluding hydrogens is 225 g/mol. The number of carbonyl (C=O) groups is 1. The van der Waals surface area contributed by atoms with E-state index in [-0.39, 0.29) is 6.42 Å². The molecule has 1 aromatic rings. The van der Waals surface area contributed by atoms with E-state index in [4.69, 9.17) is 28.9 Å². The summed E-state index contributed by atoms with van der Waals surface area (Å²) in [6, 6.07) is 4.83. The SMILES string of the molecule is NC(=O)C(O)Cc1ccc(Cl)cc1Cl. The van der Waals surface area contributed by atoms with Crippen LogP contribution in [0, 0.1) is 0 Å². The van der Waals surface area contributed by atoms with Gasteiger partial charge in [-0.1, -0.05) is 29.3 Å². The summed E-state index contributed by atoms with van der Waals surface area (Å²) in [6.45, 7) is 0. The van der Waals surface area contributed by atoms with E-state index in [1.807, 2.05) is 0 Å². The molecule has 1 unspecified atom stereocenters. The standard InChI is InChI=1S/C9H9Cl2NO2/c10-6-2-1-5(7(11)4-6)3-8(13)9(12)14/h1-2,4,8,13H,3H2,(H2,12,14). The van der Waals surface area contributed by atoms with Gasteiger partial charge in [-0.2, -0.15) is 0 Å². The number of hydrogen-bond acceptors (Lipinski definition) is 2. The lowest BCUT2D eigenvalue weighted by Gasteiger charge is -2.08. The van der Waals surface area contributed by atoms with Crippen molar-refractivity contribution in [2.45, 2.75) is 12.5 Å². The van der Waals surface area contributed by atoms with E-state index in [9.17, 15) is 9.90 Å². The Morgan fingerprint density at radius 2 is 2.14 bits per heavy atom. The van der Waals surface area contributed by atoms with E-state index in [2.05, 4.69) is 0 Å². The topological polar surface area (TPSA) is 63.3 Å². The van der Waals surface area contributed by atoms with Gasteiger partial charge in [-0.05, 0) is 17.7 Å². The average molecular weight is 234 g/mol.